The van der Waals surface area contributed by atoms with Gasteiger partial charge in [-0.25, -0.2) is 0 Å². The second-order valence-electron chi connectivity index (χ2n) is 5.88. The van der Waals surface area contributed by atoms with E-state index in [0.717, 1.165) is 0 Å². The number of aliphatic carboxylic acids is 2. The minimum Gasteiger partial charge on any atom is -0.542 e. The molecule has 0 saturated carbocycles. The predicted octanol–water partition coefficient (Wildman–Crippen LogP) is -6.86. The molecule has 0 aromatic heterocycles. The normalized spacial score (nSPS) is 14.3. The van der Waals surface area contributed by atoms with Crippen molar-refractivity contribution < 1.29 is 93.5 Å². The van der Waals surface area contributed by atoms with E-state index in [9.17, 15) is 24.9 Å². The van der Waals surface area contributed by atoms with Gasteiger partial charge in [0.25, 0.3) is 0 Å². The Morgan fingerprint density at radius 3 is 2.34 bits per heavy atom. The molecule has 0 bridgehead atoms. The average molecular weight is 438 g/mol. The van der Waals surface area contributed by atoms with Crippen molar-refractivity contribution in [3.05, 3.63) is 58.6 Å². The fraction of sp³-hybridized carbons (Fsp3) is 0.222. The number of aliphatic hydroxyl groups is 1. The molecule has 1 aliphatic rings. The predicted molar refractivity (Wildman–Crippen MR) is 88.6 cm³/mol. The zero-order valence-electron chi connectivity index (χ0n) is 15.8. The summed E-state index contributed by atoms with van der Waals surface area (Å²) in [5, 5.41) is 35.9. The molecule has 8 nitrogen and oxygen atoms in total. The van der Waals surface area contributed by atoms with Crippen LogP contribution in [0.2, 0.25) is 5.02 Å². The fourth-order valence-electron chi connectivity index (χ4n) is 2.59. The van der Waals surface area contributed by atoms with Crippen molar-refractivity contribution in [1.29, 1.82) is 0 Å². The number of benzene rings is 2. The first-order chi connectivity index (χ1) is 12.8. The van der Waals surface area contributed by atoms with Crippen LogP contribution in [0.5, 0.6) is 11.5 Å². The van der Waals surface area contributed by atoms with Crippen LogP contribution in [0.25, 0.3) is 0 Å². The molecule has 11 heteroatoms. The number of hydrogen-bond acceptors (Lipinski definition) is 8. The number of carboxylic acid groups (broad SMARTS) is 2. The number of hydrogen-bond donors (Lipinski definition) is 2. The first kappa shape index (κ1) is 26.2. The molecule has 1 aliphatic heterocycles. The van der Waals surface area contributed by atoms with Gasteiger partial charge in [-0.2, -0.15) is 0 Å². The molecule has 0 radical (unpaired) electrons. The molecule has 29 heavy (non-hydrogen) atoms. The van der Waals surface area contributed by atoms with E-state index in [4.69, 9.17) is 21.1 Å². The number of carbonyl (C=O) groups is 2. The van der Waals surface area contributed by atoms with Crippen LogP contribution in [0.15, 0.2) is 42.5 Å². The van der Waals surface area contributed by atoms with E-state index in [0.29, 0.717) is 22.7 Å². The summed E-state index contributed by atoms with van der Waals surface area (Å²) >= 11 is 5.89. The molecule has 1 heterocycles. The Bertz CT molecular complexity index is 882. The zero-order chi connectivity index (χ0) is 19.6. The van der Waals surface area contributed by atoms with E-state index in [1.807, 2.05) is 0 Å². The van der Waals surface area contributed by atoms with Gasteiger partial charge in [0.15, 0.2) is 11.5 Å². The molecule has 0 aliphatic carbocycles. The number of rotatable bonds is 7. The third-order valence-corrected chi connectivity index (χ3v) is 4.19. The van der Waals surface area contributed by atoms with Crippen molar-refractivity contribution in [1.82, 2.24) is 5.32 Å². The molecule has 2 aromatic carbocycles. The van der Waals surface area contributed by atoms with E-state index >= 15 is 0 Å². The van der Waals surface area contributed by atoms with Crippen LogP contribution in [0.3, 0.4) is 0 Å². The van der Waals surface area contributed by atoms with E-state index < -0.39 is 23.8 Å². The summed E-state index contributed by atoms with van der Waals surface area (Å²) in [5.74, 6) is -7.24. The molecule has 142 valence electrons. The van der Waals surface area contributed by atoms with Crippen LogP contribution in [0.1, 0.15) is 17.2 Å². The van der Waals surface area contributed by atoms with Gasteiger partial charge in [-0.15, -0.1) is 0 Å². The number of halogens is 1. The summed E-state index contributed by atoms with van der Waals surface area (Å²) in [5.41, 5.74) is 1.32. The quantitative estimate of drug-likeness (QED) is 0.323. The van der Waals surface area contributed by atoms with Gasteiger partial charge in [-0.3, -0.25) is 0 Å². The van der Waals surface area contributed by atoms with Crippen LogP contribution in [-0.2, 0) is 16.1 Å². The first-order valence-electron chi connectivity index (χ1n) is 7.90. The molecule has 0 fully saturated rings. The molecule has 1 atom stereocenters. The van der Waals surface area contributed by atoms with Crippen molar-refractivity contribution in [2.75, 3.05) is 6.54 Å². The first-order valence-corrected chi connectivity index (χ1v) is 8.28. The molecule has 1 unspecified atom stereocenters. The Balaban J connectivity index is 0.00000210. The molecule has 3 rings (SSSR count). The Morgan fingerprint density at radius 2 is 1.72 bits per heavy atom. The van der Waals surface area contributed by atoms with E-state index in [-0.39, 0.29) is 77.2 Å². The molecule has 0 saturated heterocycles. The summed E-state index contributed by atoms with van der Waals surface area (Å²) in [6.45, 7) is 0.536. The van der Waals surface area contributed by atoms with E-state index in [1.54, 1.807) is 30.3 Å². The van der Waals surface area contributed by atoms with Gasteiger partial charge in [-0.05, 0) is 35.4 Å². The summed E-state index contributed by atoms with van der Waals surface area (Å²) in [4.78, 5) is 22.2. The van der Waals surface area contributed by atoms with Crippen LogP contribution in [0.4, 0.5) is 0 Å². The van der Waals surface area contributed by atoms with Crippen molar-refractivity contribution in [2.45, 2.75) is 18.4 Å². The second kappa shape index (κ2) is 11.0. The SMILES string of the molecule is O=C([O-])C1(C(=O)[O-])Oc2ccc(CNCC(O)c3cccc(Cl)c3)cc2O1.[Na+].[Na+]. The molecule has 2 aromatic rings. The van der Waals surface area contributed by atoms with Gasteiger partial charge in [0.1, 0.15) is 11.9 Å². The smallest absolute Gasteiger partial charge is 0.542 e. The Hall–Kier alpha value is -0.810. The third kappa shape index (κ3) is 5.88. The standard InChI is InChI=1S/C18H16ClNO7.2Na/c19-12-3-1-2-11(7-12)13(21)9-20-8-10-4-5-14-15(6-10)27-18(26-14,16(22)23)17(24)25;;/h1-7,13,20-21H,8-9H2,(H,22,23)(H,24,25);;/q;2*+1/p-2. The summed E-state index contributed by atoms with van der Waals surface area (Å²) in [7, 11) is 0. The van der Waals surface area contributed by atoms with Crippen molar-refractivity contribution >= 4 is 23.5 Å². The monoisotopic (exact) mass is 437 g/mol. The number of ether oxygens (including phenoxy) is 2. The summed E-state index contributed by atoms with van der Waals surface area (Å²) < 4.78 is 9.79. The van der Waals surface area contributed by atoms with Crippen molar-refractivity contribution in [2.24, 2.45) is 0 Å². The van der Waals surface area contributed by atoms with Gasteiger partial charge in [0, 0.05) is 18.1 Å². The van der Waals surface area contributed by atoms with Crippen molar-refractivity contribution in [3.63, 3.8) is 0 Å². The van der Waals surface area contributed by atoms with E-state index in [1.165, 1.54) is 12.1 Å². The summed E-state index contributed by atoms with van der Waals surface area (Å²) in [6, 6.07) is 11.3. The number of nitrogens with one attached hydrogen (secondary N) is 1. The van der Waals surface area contributed by atoms with Crippen LogP contribution in [-0.4, -0.2) is 29.4 Å². The zero-order valence-corrected chi connectivity index (χ0v) is 20.6. The number of aliphatic hydroxyl groups excluding tert-OH is 1. The molecular formula is C18H14ClNNa2O7. The van der Waals surface area contributed by atoms with Crippen molar-refractivity contribution in [3.8, 4) is 11.5 Å². The molecule has 0 spiro atoms. The molecular weight excluding hydrogens is 424 g/mol. The average Bonchev–Trinajstić information content (AvgIpc) is 3.02. The van der Waals surface area contributed by atoms with Gasteiger partial charge in [0.05, 0.1) is 6.10 Å². The minimum absolute atomic E-state index is 0. The van der Waals surface area contributed by atoms with Crippen LogP contribution in [0, 0.1) is 0 Å². The van der Waals surface area contributed by atoms with Crippen LogP contribution < -0.4 is 84.1 Å². The second-order valence-corrected chi connectivity index (χ2v) is 6.31. The maximum absolute atomic E-state index is 11.1. The van der Waals surface area contributed by atoms with E-state index in [2.05, 4.69) is 5.32 Å². The topological polar surface area (TPSA) is 131 Å². The molecule has 2 N–H and O–H groups in total. The number of carboxylic acids is 2. The van der Waals surface area contributed by atoms with Gasteiger partial charge in [0.2, 0.25) is 0 Å². The fourth-order valence-corrected chi connectivity index (χ4v) is 2.79. The largest absolute Gasteiger partial charge is 1.00 e. The van der Waals surface area contributed by atoms with Crippen LogP contribution >= 0.6 is 11.6 Å². The number of carbonyl (C=O) groups excluding carboxylic acids is 2. The van der Waals surface area contributed by atoms with Gasteiger partial charge in [-0.1, -0.05) is 29.8 Å². The Morgan fingerprint density at radius 1 is 1.07 bits per heavy atom. The minimum atomic E-state index is -3.00. The maximum atomic E-state index is 11.1. The Kier molecular flexibility index (Phi) is 9.94. The third-order valence-electron chi connectivity index (χ3n) is 3.95. The maximum Gasteiger partial charge on any atom is 1.00 e. The molecule has 0 amide bonds. The number of fused-ring (bicyclic) bond motifs is 1. The summed E-state index contributed by atoms with van der Waals surface area (Å²) in [6.07, 6.45) is -0.776. The van der Waals surface area contributed by atoms with Gasteiger partial charge < -0.3 is 39.7 Å². The Labute approximate surface area is 215 Å². The van der Waals surface area contributed by atoms with Gasteiger partial charge >= 0.3 is 64.9 Å².